The van der Waals surface area contributed by atoms with Gasteiger partial charge in [0.25, 0.3) is 0 Å². The highest BCUT2D eigenvalue weighted by Crippen LogP contribution is 2.02. The van der Waals surface area contributed by atoms with Gasteiger partial charge in [-0.1, -0.05) is 6.08 Å². The van der Waals surface area contributed by atoms with Gasteiger partial charge in [-0.2, -0.15) is 0 Å². The second kappa shape index (κ2) is 4.72. The van der Waals surface area contributed by atoms with E-state index in [1.54, 1.807) is 7.11 Å². The molecule has 12 heavy (non-hydrogen) atoms. The van der Waals surface area contributed by atoms with Gasteiger partial charge >= 0.3 is 0 Å². The maximum atomic E-state index is 5.55. The number of hydrogen-bond acceptors (Lipinski definition) is 3. The van der Waals surface area contributed by atoms with Crippen LogP contribution in [0.3, 0.4) is 0 Å². The van der Waals surface area contributed by atoms with E-state index in [0.29, 0.717) is 6.61 Å². The molecule has 0 atom stereocenters. The third kappa shape index (κ3) is 2.88. The van der Waals surface area contributed by atoms with Crippen molar-refractivity contribution in [2.75, 3.05) is 20.3 Å². The molecule has 0 saturated heterocycles. The normalized spacial score (nSPS) is 19.8. The number of nitrogens with two attached hydrogens (primary N) is 1. The van der Waals surface area contributed by atoms with E-state index in [9.17, 15) is 0 Å². The monoisotopic (exact) mass is 166 g/mol. The summed E-state index contributed by atoms with van der Waals surface area (Å²) in [6.45, 7) is 1.40. The van der Waals surface area contributed by atoms with Crippen LogP contribution in [0.15, 0.2) is 28.9 Å². The minimum absolute atomic E-state index is 0.677. The Balaban J connectivity index is 2.36. The Bertz CT molecular complexity index is 229. The fourth-order valence-corrected chi connectivity index (χ4v) is 0.949. The van der Waals surface area contributed by atoms with E-state index in [-0.39, 0.29) is 0 Å². The summed E-state index contributed by atoms with van der Waals surface area (Å²) >= 11 is 0. The van der Waals surface area contributed by atoms with Crippen LogP contribution in [0.2, 0.25) is 0 Å². The molecule has 0 bridgehead atoms. The molecule has 0 amide bonds. The molecule has 0 fully saturated rings. The first-order valence-electron chi connectivity index (χ1n) is 3.99. The largest absolute Gasteiger partial charge is 0.399 e. The van der Waals surface area contributed by atoms with Crippen molar-refractivity contribution in [1.29, 1.82) is 0 Å². The molecule has 0 saturated carbocycles. The first-order valence-corrected chi connectivity index (χ1v) is 3.99. The molecule has 0 unspecified atom stereocenters. The van der Waals surface area contributed by atoms with Gasteiger partial charge in [0.2, 0.25) is 0 Å². The molecule has 1 rings (SSSR count). The van der Waals surface area contributed by atoms with Crippen molar-refractivity contribution in [3.05, 3.63) is 23.9 Å². The molecule has 0 aromatic rings. The molecular formula is C9H14N2O. The van der Waals surface area contributed by atoms with Gasteiger partial charge < -0.3 is 10.5 Å². The molecule has 3 nitrogen and oxygen atoms in total. The Hall–Kier alpha value is -1.09. The Kier molecular flexibility index (Phi) is 3.54. The van der Waals surface area contributed by atoms with E-state index in [1.165, 1.54) is 0 Å². The van der Waals surface area contributed by atoms with Gasteiger partial charge in [0, 0.05) is 24.9 Å². The maximum Gasteiger partial charge on any atom is 0.0658 e. The molecule has 3 heteroatoms. The van der Waals surface area contributed by atoms with E-state index in [1.807, 2.05) is 18.2 Å². The third-order valence-electron chi connectivity index (χ3n) is 1.63. The van der Waals surface area contributed by atoms with E-state index in [0.717, 1.165) is 24.4 Å². The van der Waals surface area contributed by atoms with E-state index in [2.05, 4.69) is 4.99 Å². The summed E-state index contributed by atoms with van der Waals surface area (Å²) in [5.41, 5.74) is 7.44. The number of nitrogens with zero attached hydrogens (tertiary/aromatic N) is 1. The smallest absolute Gasteiger partial charge is 0.0658 e. The highest BCUT2D eigenvalue weighted by molar-refractivity contribution is 5.97. The van der Waals surface area contributed by atoms with Gasteiger partial charge in [-0.25, -0.2) is 0 Å². The zero-order valence-electron chi connectivity index (χ0n) is 7.29. The summed E-state index contributed by atoms with van der Waals surface area (Å²) in [4.78, 5) is 4.31. The van der Waals surface area contributed by atoms with Crippen LogP contribution in [0, 0.1) is 0 Å². The molecule has 0 aromatic carbocycles. The van der Waals surface area contributed by atoms with E-state index >= 15 is 0 Å². The fourth-order valence-electron chi connectivity index (χ4n) is 0.949. The number of aliphatic imine (C=N–C) groups is 1. The lowest BCUT2D eigenvalue weighted by molar-refractivity contribution is 0.208. The van der Waals surface area contributed by atoms with Crippen molar-refractivity contribution in [2.24, 2.45) is 10.7 Å². The van der Waals surface area contributed by atoms with Crippen LogP contribution in [0.5, 0.6) is 0 Å². The quantitative estimate of drug-likeness (QED) is 0.632. The number of methoxy groups -OCH3 is 1. The molecule has 66 valence electrons. The zero-order valence-corrected chi connectivity index (χ0v) is 7.29. The Morgan fingerprint density at radius 2 is 2.42 bits per heavy atom. The summed E-state index contributed by atoms with van der Waals surface area (Å²) in [6.07, 6.45) is 6.62. The molecule has 0 aliphatic heterocycles. The lowest BCUT2D eigenvalue weighted by Gasteiger charge is -2.04. The first-order chi connectivity index (χ1) is 5.83. The highest BCUT2D eigenvalue weighted by Gasteiger charge is 1.97. The van der Waals surface area contributed by atoms with Gasteiger partial charge in [-0.3, -0.25) is 4.99 Å². The molecule has 0 spiro atoms. The van der Waals surface area contributed by atoms with Crippen LogP contribution in [-0.2, 0) is 4.74 Å². The van der Waals surface area contributed by atoms with Crippen molar-refractivity contribution in [2.45, 2.75) is 6.42 Å². The maximum absolute atomic E-state index is 5.55. The molecular weight excluding hydrogens is 152 g/mol. The molecule has 0 radical (unpaired) electrons. The Morgan fingerprint density at radius 3 is 3.00 bits per heavy atom. The second-order valence-corrected chi connectivity index (χ2v) is 2.61. The summed E-state index contributed by atoms with van der Waals surface area (Å²) in [5, 5.41) is 0. The highest BCUT2D eigenvalue weighted by atomic mass is 16.5. The summed E-state index contributed by atoms with van der Waals surface area (Å²) < 4.78 is 4.88. The van der Waals surface area contributed by atoms with Crippen LogP contribution >= 0.6 is 0 Å². The van der Waals surface area contributed by atoms with E-state index in [4.69, 9.17) is 10.5 Å². The molecule has 1 aliphatic rings. The number of hydrogen-bond donors (Lipinski definition) is 1. The topological polar surface area (TPSA) is 47.6 Å². The first kappa shape index (κ1) is 9.00. The molecule has 1 aliphatic carbocycles. The summed E-state index contributed by atoms with van der Waals surface area (Å²) in [6, 6.07) is 0. The number of ether oxygens (including phenoxy) is 1. The van der Waals surface area contributed by atoms with Crippen LogP contribution in [0.4, 0.5) is 0 Å². The Morgan fingerprint density at radius 1 is 1.58 bits per heavy atom. The lowest BCUT2D eigenvalue weighted by Crippen LogP contribution is -2.05. The Labute approximate surface area is 72.6 Å². The van der Waals surface area contributed by atoms with Gasteiger partial charge in [0.15, 0.2) is 0 Å². The van der Waals surface area contributed by atoms with Crippen molar-refractivity contribution in [1.82, 2.24) is 0 Å². The third-order valence-corrected chi connectivity index (χ3v) is 1.63. The average molecular weight is 166 g/mol. The number of allylic oxidation sites excluding steroid dienone is 3. The van der Waals surface area contributed by atoms with Gasteiger partial charge in [0.05, 0.1) is 13.2 Å². The van der Waals surface area contributed by atoms with Gasteiger partial charge in [-0.05, 0) is 12.2 Å². The van der Waals surface area contributed by atoms with E-state index < -0.39 is 0 Å². The summed E-state index contributed by atoms with van der Waals surface area (Å²) in [7, 11) is 1.68. The van der Waals surface area contributed by atoms with Crippen molar-refractivity contribution >= 4 is 5.71 Å². The summed E-state index contributed by atoms with van der Waals surface area (Å²) in [5.74, 6) is 0. The zero-order chi connectivity index (χ0) is 8.81. The fraction of sp³-hybridized carbons (Fsp3) is 0.444. The standard InChI is InChI=1S/C9H14N2O/c1-12-7-6-11-9-4-2-8(10)3-5-9/h2-4H,5-7,10H2,1H3. The van der Waals surface area contributed by atoms with Crippen molar-refractivity contribution < 1.29 is 4.74 Å². The minimum atomic E-state index is 0.677. The van der Waals surface area contributed by atoms with Crippen LogP contribution in [-0.4, -0.2) is 26.0 Å². The predicted octanol–water partition coefficient (Wildman–Crippen LogP) is 0.876. The lowest BCUT2D eigenvalue weighted by atomic mass is 10.1. The molecule has 0 heterocycles. The SMILES string of the molecule is COCCN=C1C=CC(N)=CC1. The molecule has 2 N–H and O–H groups in total. The van der Waals surface area contributed by atoms with Crippen LogP contribution < -0.4 is 5.73 Å². The molecule has 0 aromatic heterocycles. The predicted molar refractivity (Wildman–Crippen MR) is 50.2 cm³/mol. The van der Waals surface area contributed by atoms with Crippen LogP contribution in [0.1, 0.15) is 6.42 Å². The van der Waals surface area contributed by atoms with Crippen LogP contribution in [0.25, 0.3) is 0 Å². The minimum Gasteiger partial charge on any atom is -0.399 e. The van der Waals surface area contributed by atoms with Gasteiger partial charge in [-0.15, -0.1) is 0 Å². The van der Waals surface area contributed by atoms with Crippen molar-refractivity contribution in [3.8, 4) is 0 Å². The van der Waals surface area contributed by atoms with Gasteiger partial charge in [0.1, 0.15) is 0 Å². The van der Waals surface area contributed by atoms with Crippen molar-refractivity contribution in [3.63, 3.8) is 0 Å². The second-order valence-electron chi connectivity index (χ2n) is 2.61. The average Bonchev–Trinajstić information content (AvgIpc) is 2.09. The number of rotatable bonds is 3.